The van der Waals surface area contributed by atoms with Crippen molar-refractivity contribution in [3.8, 4) is 17.1 Å². The minimum absolute atomic E-state index is 0.130. The van der Waals surface area contributed by atoms with Crippen molar-refractivity contribution in [2.75, 3.05) is 24.6 Å². The van der Waals surface area contributed by atoms with Gasteiger partial charge >= 0.3 is 0 Å². The van der Waals surface area contributed by atoms with Crippen molar-refractivity contribution >= 4 is 11.8 Å². The van der Waals surface area contributed by atoms with Crippen LogP contribution in [0.4, 0.5) is 11.8 Å². The van der Waals surface area contributed by atoms with Gasteiger partial charge in [-0.2, -0.15) is 9.97 Å². The smallest absolute Gasteiger partial charge is 0.225 e. The molecule has 4 N–H and O–H groups in total. The number of ether oxygens (including phenoxy) is 1. The normalized spacial score (nSPS) is 18.1. The number of likely N-dealkylation sites (N-methyl/N-ethyl adjacent to an activating group) is 1. The fourth-order valence-corrected chi connectivity index (χ4v) is 3.86. The van der Waals surface area contributed by atoms with E-state index in [1.54, 1.807) is 0 Å². The Morgan fingerprint density at radius 1 is 1.17 bits per heavy atom. The summed E-state index contributed by atoms with van der Waals surface area (Å²) in [5, 5.41) is 4.29. The van der Waals surface area contributed by atoms with Gasteiger partial charge < -0.3 is 20.7 Å². The van der Waals surface area contributed by atoms with Crippen molar-refractivity contribution in [3.63, 3.8) is 0 Å². The van der Waals surface area contributed by atoms with Crippen molar-refractivity contribution in [1.29, 1.82) is 0 Å². The lowest BCUT2D eigenvalue weighted by molar-refractivity contribution is 0.0590. The number of aryl methyl sites for hydroxylation is 1. The van der Waals surface area contributed by atoms with E-state index in [1.165, 1.54) is 0 Å². The number of rotatable bonds is 6. The Hall–Kier alpha value is -3.13. The Balaban J connectivity index is 1.55. The molecule has 0 spiro atoms. The molecule has 1 aromatic carbocycles. The van der Waals surface area contributed by atoms with Crippen molar-refractivity contribution in [1.82, 2.24) is 20.0 Å². The maximum absolute atomic E-state index is 6.16. The van der Waals surface area contributed by atoms with E-state index in [0.29, 0.717) is 31.2 Å². The third-order valence-corrected chi connectivity index (χ3v) is 5.33. The predicted octanol–water partition coefficient (Wildman–Crippen LogP) is 2.82. The first-order valence-corrected chi connectivity index (χ1v) is 9.72. The second-order valence-electron chi connectivity index (χ2n) is 7.71. The highest BCUT2D eigenvalue weighted by atomic mass is 16.5. The predicted molar refractivity (Wildman–Crippen MR) is 111 cm³/mol. The third kappa shape index (κ3) is 3.75. The molecule has 3 aromatic rings. The Kier molecular flexibility index (Phi) is 4.87. The number of anilines is 2. The van der Waals surface area contributed by atoms with Crippen LogP contribution in [0.25, 0.3) is 11.3 Å². The van der Waals surface area contributed by atoms with Crippen LogP contribution >= 0.6 is 0 Å². The fraction of sp³-hybridized carbons (Fsp3) is 0.381. The summed E-state index contributed by atoms with van der Waals surface area (Å²) in [4.78, 5) is 10.6. The molecule has 2 aromatic heterocycles. The van der Waals surface area contributed by atoms with Crippen LogP contribution in [0, 0.1) is 6.92 Å². The SMILES string of the molecule is CCN(Cc1c(-c2ccccc2)noc1C)CC1(C)Cc2c(N)nc(N)nc2O1. The van der Waals surface area contributed by atoms with Crippen LogP contribution in [0.5, 0.6) is 5.88 Å². The molecular weight excluding hydrogens is 368 g/mol. The van der Waals surface area contributed by atoms with Gasteiger partial charge in [-0.3, -0.25) is 4.90 Å². The van der Waals surface area contributed by atoms with Gasteiger partial charge in [0.1, 0.15) is 22.9 Å². The highest BCUT2D eigenvalue weighted by molar-refractivity contribution is 5.63. The molecule has 0 amide bonds. The summed E-state index contributed by atoms with van der Waals surface area (Å²) in [7, 11) is 0. The zero-order chi connectivity index (χ0) is 20.6. The Morgan fingerprint density at radius 2 is 1.93 bits per heavy atom. The average Bonchev–Trinajstić information content (AvgIpc) is 3.22. The van der Waals surface area contributed by atoms with Crippen LogP contribution in [-0.2, 0) is 13.0 Å². The van der Waals surface area contributed by atoms with Crippen molar-refractivity contribution in [2.45, 2.75) is 39.3 Å². The van der Waals surface area contributed by atoms with E-state index in [-0.39, 0.29) is 5.95 Å². The van der Waals surface area contributed by atoms with Gasteiger partial charge in [-0.25, -0.2) is 0 Å². The average molecular weight is 394 g/mol. The van der Waals surface area contributed by atoms with Gasteiger partial charge in [0.25, 0.3) is 0 Å². The number of nitrogens with zero attached hydrogens (tertiary/aromatic N) is 4. The minimum Gasteiger partial charge on any atom is -0.469 e. The Bertz CT molecular complexity index is 1020. The van der Waals surface area contributed by atoms with Gasteiger partial charge in [-0.1, -0.05) is 42.4 Å². The van der Waals surface area contributed by atoms with Gasteiger partial charge in [0.2, 0.25) is 11.8 Å². The van der Waals surface area contributed by atoms with E-state index in [4.69, 9.17) is 20.7 Å². The molecule has 1 aliphatic rings. The molecule has 1 atom stereocenters. The first-order valence-electron chi connectivity index (χ1n) is 9.72. The van der Waals surface area contributed by atoms with Crippen LogP contribution in [0.2, 0.25) is 0 Å². The zero-order valence-corrected chi connectivity index (χ0v) is 17.0. The quantitative estimate of drug-likeness (QED) is 0.655. The molecule has 0 saturated heterocycles. The molecule has 0 fully saturated rings. The lowest BCUT2D eigenvalue weighted by Crippen LogP contribution is -2.44. The maximum Gasteiger partial charge on any atom is 0.225 e. The molecule has 8 heteroatoms. The molecule has 1 unspecified atom stereocenters. The van der Waals surface area contributed by atoms with E-state index < -0.39 is 5.60 Å². The van der Waals surface area contributed by atoms with E-state index in [9.17, 15) is 0 Å². The number of fused-ring (bicyclic) bond motifs is 1. The lowest BCUT2D eigenvalue weighted by atomic mass is 9.98. The standard InChI is InChI=1S/C21H26N6O2/c1-4-27(11-16-13(2)29-26-17(16)14-8-6-5-7-9-14)12-21(3)10-15-18(22)24-20(23)25-19(15)28-21/h5-9H,4,10-12H2,1-3H3,(H4,22,23,24,25). The number of benzene rings is 1. The first-order chi connectivity index (χ1) is 13.9. The van der Waals surface area contributed by atoms with Gasteiger partial charge in [0.15, 0.2) is 0 Å². The topological polar surface area (TPSA) is 116 Å². The van der Waals surface area contributed by atoms with Gasteiger partial charge in [0, 0.05) is 30.6 Å². The third-order valence-electron chi connectivity index (χ3n) is 5.33. The lowest BCUT2D eigenvalue weighted by Gasteiger charge is -2.31. The van der Waals surface area contributed by atoms with Crippen LogP contribution < -0.4 is 16.2 Å². The molecule has 0 radical (unpaired) electrons. The molecule has 4 rings (SSSR count). The Morgan fingerprint density at radius 3 is 2.66 bits per heavy atom. The molecule has 0 aliphatic carbocycles. The minimum atomic E-state index is -0.465. The summed E-state index contributed by atoms with van der Waals surface area (Å²) >= 11 is 0. The summed E-state index contributed by atoms with van der Waals surface area (Å²) in [6, 6.07) is 10.1. The van der Waals surface area contributed by atoms with Crippen molar-refractivity contribution in [2.24, 2.45) is 0 Å². The second-order valence-corrected chi connectivity index (χ2v) is 7.71. The van der Waals surface area contributed by atoms with Crippen LogP contribution in [0.1, 0.15) is 30.7 Å². The van der Waals surface area contributed by atoms with Crippen molar-refractivity contribution in [3.05, 3.63) is 47.2 Å². The highest BCUT2D eigenvalue weighted by Gasteiger charge is 2.39. The summed E-state index contributed by atoms with van der Waals surface area (Å²) in [6.07, 6.45) is 0.638. The number of nitrogens with two attached hydrogens (primary N) is 2. The van der Waals surface area contributed by atoms with Crippen molar-refractivity contribution < 1.29 is 9.26 Å². The first kappa shape index (κ1) is 19.2. The maximum atomic E-state index is 6.16. The number of hydrogen-bond donors (Lipinski definition) is 2. The number of nitrogen functional groups attached to an aromatic ring is 2. The summed E-state index contributed by atoms with van der Waals surface area (Å²) in [6.45, 7) is 8.38. The zero-order valence-electron chi connectivity index (χ0n) is 17.0. The monoisotopic (exact) mass is 394 g/mol. The van der Waals surface area contributed by atoms with Gasteiger partial charge in [0.05, 0.1) is 5.56 Å². The fourth-order valence-electron chi connectivity index (χ4n) is 3.86. The molecule has 152 valence electrons. The second kappa shape index (κ2) is 7.36. The van der Waals surface area contributed by atoms with E-state index in [0.717, 1.165) is 34.7 Å². The van der Waals surface area contributed by atoms with Gasteiger partial charge in [-0.05, 0) is 20.4 Å². The molecule has 8 nitrogen and oxygen atoms in total. The summed E-state index contributed by atoms with van der Waals surface area (Å²) in [5.41, 5.74) is 15.1. The van der Waals surface area contributed by atoms with Crippen LogP contribution in [0.15, 0.2) is 34.9 Å². The molecular formula is C21H26N6O2. The molecule has 1 aliphatic heterocycles. The van der Waals surface area contributed by atoms with Crippen LogP contribution in [-0.4, -0.2) is 38.7 Å². The molecule has 0 bridgehead atoms. The van der Waals surface area contributed by atoms with Gasteiger partial charge in [-0.15, -0.1) is 0 Å². The van der Waals surface area contributed by atoms with E-state index in [2.05, 4.69) is 33.9 Å². The molecule has 3 heterocycles. The Labute approximate surface area is 169 Å². The number of aromatic nitrogens is 3. The van der Waals surface area contributed by atoms with Crippen LogP contribution in [0.3, 0.4) is 0 Å². The summed E-state index contributed by atoms with van der Waals surface area (Å²) < 4.78 is 11.7. The van der Waals surface area contributed by atoms with E-state index in [1.807, 2.05) is 37.3 Å². The largest absolute Gasteiger partial charge is 0.469 e. The number of hydrogen-bond acceptors (Lipinski definition) is 8. The van der Waals surface area contributed by atoms with E-state index >= 15 is 0 Å². The molecule has 0 saturated carbocycles. The highest BCUT2D eigenvalue weighted by Crippen LogP contribution is 2.37. The molecule has 29 heavy (non-hydrogen) atoms. The summed E-state index contributed by atoms with van der Waals surface area (Å²) in [5.74, 6) is 1.83.